The summed E-state index contributed by atoms with van der Waals surface area (Å²) in [7, 11) is 0. The van der Waals surface area contributed by atoms with E-state index in [-0.39, 0.29) is 5.91 Å². The van der Waals surface area contributed by atoms with Crippen LogP contribution in [-0.2, 0) is 0 Å². The second-order valence-corrected chi connectivity index (χ2v) is 5.89. The summed E-state index contributed by atoms with van der Waals surface area (Å²) in [5, 5.41) is 16.3. The Morgan fingerprint density at radius 2 is 2.15 bits per heavy atom. The van der Waals surface area contributed by atoms with Crippen molar-refractivity contribution in [2.24, 2.45) is 0 Å². The molecule has 1 heterocycles. The fourth-order valence-electron chi connectivity index (χ4n) is 2.69. The van der Waals surface area contributed by atoms with Crippen molar-refractivity contribution < 1.29 is 4.79 Å². The van der Waals surface area contributed by atoms with Crippen molar-refractivity contribution in [1.29, 1.82) is 5.26 Å². The second-order valence-electron chi connectivity index (χ2n) is 5.14. The van der Waals surface area contributed by atoms with Gasteiger partial charge in [0.25, 0.3) is 5.91 Å². The smallest absolute Gasteiger partial charge is 0.254 e. The van der Waals surface area contributed by atoms with E-state index in [1.54, 1.807) is 12.1 Å². The van der Waals surface area contributed by atoms with Crippen LogP contribution in [0.2, 0.25) is 0 Å². The van der Waals surface area contributed by atoms with Crippen LogP contribution >= 0.6 is 11.5 Å². The molecule has 1 aromatic carbocycles. The van der Waals surface area contributed by atoms with Crippen LogP contribution in [0.5, 0.6) is 0 Å². The van der Waals surface area contributed by atoms with Crippen LogP contribution in [0.4, 0.5) is 0 Å². The zero-order valence-corrected chi connectivity index (χ0v) is 11.7. The van der Waals surface area contributed by atoms with E-state index in [0.29, 0.717) is 5.56 Å². The molecule has 2 aromatic rings. The van der Waals surface area contributed by atoms with E-state index < -0.39 is 5.54 Å². The van der Waals surface area contributed by atoms with Gasteiger partial charge in [0.05, 0.1) is 16.3 Å². The van der Waals surface area contributed by atoms with Crippen molar-refractivity contribution in [3.63, 3.8) is 0 Å². The van der Waals surface area contributed by atoms with Gasteiger partial charge >= 0.3 is 0 Å². The average molecular weight is 286 g/mol. The lowest BCUT2D eigenvalue weighted by atomic mass is 9.82. The number of rotatable bonds is 2. The third kappa shape index (κ3) is 2.25. The Morgan fingerprint density at radius 1 is 1.35 bits per heavy atom. The number of carbonyl (C=O) groups excluding carboxylic acids is 1. The van der Waals surface area contributed by atoms with Crippen molar-refractivity contribution in [3.05, 3.63) is 23.8 Å². The topological polar surface area (TPSA) is 78.7 Å². The molecule has 0 unspecified atom stereocenters. The van der Waals surface area contributed by atoms with E-state index in [1.807, 2.05) is 6.07 Å². The van der Waals surface area contributed by atoms with Crippen LogP contribution in [0.3, 0.4) is 0 Å². The monoisotopic (exact) mass is 286 g/mol. The molecule has 6 heteroatoms. The number of nitriles is 1. The Bertz CT molecular complexity index is 682. The van der Waals surface area contributed by atoms with E-state index >= 15 is 0 Å². The minimum absolute atomic E-state index is 0.204. The van der Waals surface area contributed by atoms with Crippen LogP contribution in [0.25, 0.3) is 10.2 Å². The van der Waals surface area contributed by atoms with Crippen LogP contribution in [0.1, 0.15) is 42.5 Å². The van der Waals surface area contributed by atoms with Gasteiger partial charge in [0, 0.05) is 0 Å². The first kappa shape index (κ1) is 13.0. The first-order valence-corrected chi connectivity index (χ1v) is 7.46. The minimum Gasteiger partial charge on any atom is -0.334 e. The first-order valence-electron chi connectivity index (χ1n) is 6.69. The quantitative estimate of drug-likeness (QED) is 0.920. The van der Waals surface area contributed by atoms with E-state index in [0.717, 1.165) is 42.3 Å². The number of nitrogens with one attached hydrogen (secondary N) is 1. The number of carbonyl (C=O) groups is 1. The zero-order valence-electron chi connectivity index (χ0n) is 10.9. The second kappa shape index (κ2) is 5.17. The number of amides is 1. The first-order chi connectivity index (χ1) is 9.74. The van der Waals surface area contributed by atoms with E-state index in [2.05, 4.69) is 21.0 Å². The molecule has 1 aromatic heterocycles. The Kier molecular flexibility index (Phi) is 3.36. The third-order valence-corrected chi connectivity index (χ3v) is 4.57. The molecule has 1 saturated carbocycles. The normalized spacial score (nSPS) is 17.6. The van der Waals surface area contributed by atoms with Crippen LogP contribution in [0, 0.1) is 11.3 Å². The van der Waals surface area contributed by atoms with E-state index in [4.69, 9.17) is 0 Å². The number of fused-ring (bicyclic) bond motifs is 1. The van der Waals surface area contributed by atoms with Crippen molar-refractivity contribution in [3.8, 4) is 6.07 Å². The maximum Gasteiger partial charge on any atom is 0.254 e. The lowest BCUT2D eigenvalue weighted by Crippen LogP contribution is -2.48. The maximum atomic E-state index is 12.5. The molecule has 20 heavy (non-hydrogen) atoms. The number of aromatic nitrogens is 2. The predicted octanol–water partition coefficient (Wildman–Crippen LogP) is 2.65. The van der Waals surface area contributed by atoms with Gasteiger partial charge in [-0.3, -0.25) is 4.79 Å². The third-order valence-electron chi connectivity index (χ3n) is 3.79. The summed E-state index contributed by atoms with van der Waals surface area (Å²) >= 11 is 1.21. The summed E-state index contributed by atoms with van der Waals surface area (Å²) in [6.45, 7) is 0. The van der Waals surface area contributed by atoms with Gasteiger partial charge in [-0.25, -0.2) is 0 Å². The van der Waals surface area contributed by atoms with Crippen LogP contribution in [0.15, 0.2) is 18.2 Å². The van der Waals surface area contributed by atoms with Crippen LogP contribution in [-0.4, -0.2) is 21.0 Å². The molecule has 102 valence electrons. The molecular weight excluding hydrogens is 272 g/mol. The summed E-state index contributed by atoms with van der Waals surface area (Å²) in [6, 6.07) is 7.68. The standard InChI is InChI=1S/C14H14N4OS/c15-9-14(7-2-1-3-8-14)16-13(19)10-5-4-6-11-12(10)20-18-17-11/h4-6H,1-3,7-8H2,(H,16,19). The van der Waals surface area contributed by atoms with Gasteiger partial charge in [-0.2, -0.15) is 5.26 Å². The molecule has 0 radical (unpaired) electrons. The Morgan fingerprint density at radius 3 is 2.90 bits per heavy atom. The lowest BCUT2D eigenvalue weighted by molar-refractivity contribution is 0.0904. The average Bonchev–Trinajstić information content (AvgIpc) is 2.96. The SMILES string of the molecule is N#CC1(NC(=O)c2cccc3nnsc23)CCCCC1. The summed E-state index contributed by atoms with van der Waals surface area (Å²) in [6.07, 6.45) is 4.56. The fraction of sp³-hybridized carbons (Fsp3) is 0.429. The highest BCUT2D eigenvalue weighted by Gasteiger charge is 2.34. The molecule has 0 aliphatic heterocycles. The van der Waals surface area contributed by atoms with Gasteiger partial charge in [-0.15, -0.1) is 5.10 Å². The molecule has 1 N–H and O–H groups in total. The molecule has 0 spiro atoms. The number of benzene rings is 1. The molecule has 5 nitrogen and oxygen atoms in total. The largest absolute Gasteiger partial charge is 0.334 e. The molecule has 1 aliphatic rings. The number of nitrogens with zero attached hydrogens (tertiary/aromatic N) is 3. The van der Waals surface area contributed by atoms with Gasteiger partial charge < -0.3 is 5.32 Å². The zero-order chi connectivity index (χ0) is 14.0. The molecule has 1 amide bonds. The summed E-state index contributed by atoms with van der Waals surface area (Å²) in [4.78, 5) is 12.5. The van der Waals surface area contributed by atoms with Crippen molar-refractivity contribution in [2.45, 2.75) is 37.6 Å². The van der Waals surface area contributed by atoms with Crippen molar-refractivity contribution in [1.82, 2.24) is 14.9 Å². The minimum atomic E-state index is -0.713. The lowest BCUT2D eigenvalue weighted by Gasteiger charge is -2.31. The predicted molar refractivity (Wildman–Crippen MR) is 76.3 cm³/mol. The molecule has 0 bridgehead atoms. The van der Waals surface area contributed by atoms with Gasteiger partial charge in [0.2, 0.25) is 0 Å². The van der Waals surface area contributed by atoms with Gasteiger partial charge in [-0.1, -0.05) is 29.8 Å². The van der Waals surface area contributed by atoms with Gasteiger partial charge in [0.1, 0.15) is 11.1 Å². The molecule has 3 rings (SSSR count). The molecule has 1 fully saturated rings. The highest BCUT2D eigenvalue weighted by molar-refractivity contribution is 7.13. The van der Waals surface area contributed by atoms with Crippen molar-refractivity contribution in [2.75, 3.05) is 0 Å². The Hall–Kier alpha value is -2.00. The highest BCUT2D eigenvalue weighted by atomic mass is 32.1. The van der Waals surface area contributed by atoms with Crippen molar-refractivity contribution >= 4 is 27.7 Å². The highest BCUT2D eigenvalue weighted by Crippen LogP contribution is 2.28. The van der Waals surface area contributed by atoms with Crippen LogP contribution < -0.4 is 5.32 Å². The van der Waals surface area contributed by atoms with Gasteiger partial charge in [0.15, 0.2) is 0 Å². The molecule has 1 aliphatic carbocycles. The maximum absolute atomic E-state index is 12.5. The van der Waals surface area contributed by atoms with E-state index in [9.17, 15) is 10.1 Å². The van der Waals surface area contributed by atoms with E-state index in [1.165, 1.54) is 11.5 Å². The molecular formula is C14H14N4OS. The summed E-state index contributed by atoms with van der Waals surface area (Å²) < 4.78 is 4.65. The summed E-state index contributed by atoms with van der Waals surface area (Å²) in [5.41, 5.74) is 0.560. The molecule has 0 atom stereocenters. The summed E-state index contributed by atoms with van der Waals surface area (Å²) in [5.74, 6) is -0.204. The number of hydrogen-bond acceptors (Lipinski definition) is 5. The Labute approximate surface area is 120 Å². The molecule has 0 saturated heterocycles. The Balaban J connectivity index is 1.89. The number of hydrogen-bond donors (Lipinski definition) is 1. The van der Waals surface area contributed by atoms with Gasteiger partial charge in [-0.05, 0) is 36.5 Å². The fourth-order valence-corrected chi connectivity index (χ4v) is 3.36.